The number of methoxy groups -OCH3 is 1. The van der Waals surface area contributed by atoms with E-state index in [2.05, 4.69) is 10.2 Å². The molecule has 0 unspecified atom stereocenters. The highest BCUT2D eigenvalue weighted by Crippen LogP contribution is 2.18. The highest BCUT2D eigenvalue weighted by atomic mass is 32.2. The van der Waals surface area contributed by atoms with Crippen LogP contribution in [-0.2, 0) is 16.0 Å². The Bertz CT molecular complexity index is 405. The van der Waals surface area contributed by atoms with Crippen molar-refractivity contribution < 1.29 is 14.6 Å². The summed E-state index contributed by atoms with van der Waals surface area (Å²) < 4.78 is 6.57. The van der Waals surface area contributed by atoms with E-state index in [1.807, 2.05) is 13.8 Å². The van der Waals surface area contributed by atoms with Crippen LogP contribution in [0.3, 0.4) is 0 Å². The van der Waals surface area contributed by atoms with Crippen LogP contribution < -0.4 is 5.84 Å². The molecule has 0 aliphatic heterocycles. The van der Waals surface area contributed by atoms with Gasteiger partial charge in [0.1, 0.15) is 0 Å². The Kier molecular flexibility index (Phi) is 4.35. The standard InChI is InChI=1S/C9H16N4O3S/c1-9(2,16-3)4-6-11-12-8(13(6)10)17-5-7(14)15/h4-5,10H2,1-3H3,(H,14,15). The third-order valence-corrected chi connectivity index (χ3v) is 3.12. The summed E-state index contributed by atoms with van der Waals surface area (Å²) in [5.74, 6) is 5.32. The summed E-state index contributed by atoms with van der Waals surface area (Å²) in [6.45, 7) is 3.82. The molecular formula is C9H16N4O3S. The molecule has 0 amide bonds. The monoisotopic (exact) mass is 260 g/mol. The average Bonchev–Trinajstić information content (AvgIpc) is 2.57. The van der Waals surface area contributed by atoms with Gasteiger partial charge in [0.25, 0.3) is 0 Å². The second-order valence-electron chi connectivity index (χ2n) is 4.09. The first-order chi connectivity index (χ1) is 7.85. The second kappa shape index (κ2) is 5.37. The lowest BCUT2D eigenvalue weighted by Gasteiger charge is -2.21. The number of carboxylic acid groups (broad SMARTS) is 1. The molecule has 96 valence electrons. The second-order valence-corrected chi connectivity index (χ2v) is 5.03. The third kappa shape index (κ3) is 3.90. The molecule has 1 heterocycles. The van der Waals surface area contributed by atoms with Crippen molar-refractivity contribution in [1.29, 1.82) is 0 Å². The summed E-state index contributed by atoms with van der Waals surface area (Å²) in [5, 5.41) is 16.7. The van der Waals surface area contributed by atoms with Gasteiger partial charge < -0.3 is 15.7 Å². The Morgan fingerprint density at radius 3 is 2.76 bits per heavy atom. The van der Waals surface area contributed by atoms with Gasteiger partial charge in [0.05, 0.1) is 11.4 Å². The summed E-state index contributed by atoms with van der Waals surface area (Å²) in [5.41, 5.74) is -0.390. The molecule has 0 aliphatic rings. The van der Waals surface area contributed by atoms with Crippen molar-refractivity contribution in [3.8, 4) is 0 Å². The molecule has 1 aromatic rings. The first-order valence-corrected chi connectivity index (χ1v) is 5.93. The van der Waals surface area contributed by atoms with Crippen LogP contribution in [0.15, 0.2) is 5.16 Å². The fraction of sp³-hybridized carbons (Fsp3) is 0.667. The molecule has 0 spiro atoms. The van der Waals surface area contributed by atoms with E-state index < -0.39 is 5.97 Å². The summed E-state index contributed by atoms with van der Waals surface area (Å²) in [4.78, 5) is 10.4. The van der Waals surface area contributed by atoms with Crippen molar-refractivity contribution in [3.63, 3.8) is 0 Å². The summed E-state index contributed by atoms with van der Waals surface area (Å²) in [6, 6.07) is 0. The fourth-order valence-corrected chi connectivity index (χ4v) is 1.70. The number of rotatable bonds is 6. The molecule has 17 heavy (non-hydrogen) atoms. The summed E-state index contributed by atoms with van der Waals surface area (Å²) in [6.07, 6.45) is 0.501. The van der Waals surface area contributed by atoms with Crippen LogP contribution in [0.1, 0.15) is 19.7 Å². The van der Waals surface area contributed by atoms with Gasteiger partial charge in [0.2, 0.25) is 5.16 Å². The van der Waals surface area contributed by atoms with Crippen molar-refractivity contribution in [2.24, 2.45) is 0 Å². The van der Waals surface area contributed by atoms with Crippen molar-refractivity contribution in [2.75, 3.05) is 18.7 Å². The number of nitrogen functional groups attached to an aromatic ring is 1. The molecule has 3 N–H and O–H groups in total. The van der Waals surface area contributed by atoms with Crippen LogP contribution in [-0.4, -0.2) is 44.4 Å². The quantitative estimate of drug-likeness (QED) is 0.553. The lowest BCUT2D eigenvalue weighted by Crippen LogP contribution is -2.29. The molecule has 0 aliphatic carbocycles. The molecule has 0 radical (unpaired) electrons. The van der Waals surface area contributed by atoms with Crippen molar-refractivity contribution in [2.45, 2.75) is 31.0 Å². The lowest BCUT2D eigenvalue weighted by atomic mass is 10.1. The minimum atomic E-state index is -0.920. The van der Waals surface area contributed by atoms with Gasteiger partial charge in [-0.25, -0.2) is 4.68 Å². The smallest absolute Gasteiger partial charge is 0.313 e. The minimum absolute atomic E-state index is 0.0942. The van der Waals surface area contributed by atoms with Crippen LogP contribution in [0, 0.1) is 0 Å². The number of hydrogen-bond acceptors (Lipinski definition) is 6. The molecule has 0 fully saturated rings. The number of nitrogens with two attached hydrogens (primary N) is 1. The number of carbonyl (C=O) groups is 1. The highest BCUT2D eigenvalue weighted by Gasteiger charge is 2.22. The fourth-order valence-electron chi connectivity index (χ4n) is 1.11. The van der Waals surface area contributed by atoms with E-state index in [-0.39, 0.29) is 11.4 Å². The molecule has 0 atom stereocenters. The zero-order chi connectivity index (χ0) is 13.1. The van der Waals surface area contributed by atoms with Gasteiger partial charge in [-0.15, -0.1) is 10.2 Å². The predicted molar refractivity (Wildman–Crippen MR) is 63.3 cm³/mol. The molecule has 0 saturated heterocycles. The van der Waals surface area contributed by atoms with E-state index in [0.29, 0.717) is 17.4 Å². The van der Waals surface area contributed by atoms with Crippen molar-refractivity contribution in [1.82, 2.24) is 14.9 Å². The van der Waals surface area contributed by atoms with Crippen molar-refractivity contribution in [3.05, 3.63) is 5.82 Å². The van der Waals surface area contributed by atoms with Gasteiger partial charge in [-0.2, -0.15) is 0 Å². The normalized spacial score (nSPS) is 11.7. The average molecular weight is 260 g/mol. The van der Waals surface area contributed by atoms with Gasteiger partial charge in [-0.05, 0) is 13.8 Å². The van der Waals surface area contributed by atoms with Crippen LogP contribution >= 0.6 is 11.8 Å². The van der Waals surface area contributed by atoms with E-state index >= 15 is 0 Å². The predicted octanol–water partition coefficient (Wildman–Crippen LogP) is 0.136. The minimum Gasteiger partial charge on any atom is -0.481 e. The number of aromatic nitrogens is 3. The van der Waals surface area contributed by atoms with Crippen LogP contribution in [0.5, 0.6) is 0 Å². The number of carboxylic acids is 1. The van der Waals surface area contributed by atoms with E-state index in [9.17, 15) is 4.79 Å². The number of hydrogen-bond donors (Lipinski definition) is 2. The molecule has 0 aromatic carbocycles. The molecule has 8 heteroatoms. The van der Waals surface area contributed by atoms with Crippen LogP contribution in [0.2, 0.25) is 0 Å². The SMILES string of the molecule is COC(C)(C)Cc1nnc(SCC(=O)O)n1N. The molecule has 1 aromatic heterocycles. The Hall–Kier alpha value is -1.28. The molecule has 0 saturated carbocycles. The largest absolute Gasteiger partial charge is 0.481 e. The van der Waals surface area contributed by atoms with E-state index in [4.69, 9.17) is 15.7 Å². The Balaban J connectivity index is 2.73. The number of aliphatic carboxylic acids is 1. The molecule has 1 rings (SSSR count). The Labute approximate surface area is 103 Å². The van der Waals surface area contributed by atoms with Gasteiger partial charge in [0.15, 0.2) is 5.82 Å². The molecular weight excluding hydrogens is 244 g/mol. The first-order valence-electron chi connectivity index (χ1n) is 4.95. The number of nitrogens with zero attached hydrogens (tertiary/aromatic N) is 3. The first kappa shape index (κ1) is 13.8. The van der Waals surface area contributed by atoms with Gasteiger partial charge in [-0.1, -0.05) is 11.8 Å². The lowest BCUT2D eigenvalue weighted by molar-refractivity contribution is -0.133. The number of ether oxygens (including phenoxy) is 1. The van der Waals surface area contributed by atoms with Crippen molar-refractivity contribution >= 4 is 17.7 Å². The van der Waals surface area contributed by atoms with E-state index in [1.54, 1.807) is 7.11 Å². The number of thioether (sulfide) groups is 1. The Morgan fingerprint density at radius 1 is 1.59 bits per heavy atom. The van der Waals surface area contributed by atoms with E-state index in [1.165, 1.54) is 4.68 Å². The third-order valence-electron chi connectivity index (χ3n) is 2.20. The molecule has 0 bridgehead atoms. The van der Waals surface area contributed by atoms with Gasteiger partial charge in [-0.3, -0.25) is 4.79 Å². The summed E-state index contributed by atoms with van der Waals surface area (Å²) in [7, 11) is 1.61. The Morgan fingerprint density at radius 2 is 2.24 bits per heavy atom. The van der Waals surface area contributed by atoms with Crippen LogP contribution in [0.25, 0.3) is 0 Å². The highest BCUT2D eigenvalue weighted by molar-refractivity contribution is 7.99. The van der Waals surface area contributed by atoms with Gasteiger partial charge in [0, 0.05) is 13.5 Å². The summed E-state index contributed by atoms with van der Waals surface area (Å²) >= 11 is 1.03. The zero-order valence-electron chi connectivity index (χ0n) is 10.0. The van der Waals surface area contributed by atoms with E-state index in [0.717, 1.165) is 11.8 Å². The topological polar surface area (TPSA) is 103 Å². The maximum Gasteiger partial charge on any atom is 0.313 e. The molecule has 7 nitrogen and oxygen atoms in total. The maximum absolute atomic E-state index is 10.4. The zero-order valence-corrected chi connectivity index (χ0v) is 10.8. The van der Waals surface area contributed by atoms with Crippen LogP contribution in [0.4, 0.5) is 0 Å². The van der Waals surface area contributed by atoms with Gasteiger partial charge >= 0.3 is 5.97 Å². The maximum atomic E-state index is 10.4.